The Balaban J connectivity index is 4.44. The van der Waals surface area contributed by atoms with Crippen molar-refractivity contribution in [3.05, 3.63) is 11.3 Å². The molecule has 3 nitrogen and oxygen atoms in total. The molecule has 0 aromatic rings. The van der Waals surface area contributed by atoms with Gasteiger partial charge in [0.1, 0.15) is 0 Å². The van der Waals surface area contributed by atoms with Gasteiger partial charge in [-0.25, -0.2) is 0 Å². The van der Waals surface area contributed by atoms with Crippen LogP contribution in [0.4, 0.5) is 0 Å². The van der Waals surface area contributed by atoms with E-state index in [1.807, 2.05) is 19.0 Å². The van der Waals surface area contributed by atoms with Crippen molar-refractivity contribution in [3.63, 3.8) is 0 Å². The number of unbranched alkanes of at least 4 members (excludes halogenated alkanes) is 2. The number of allylic oxidation sites excluding steroid dienone is 1. The van der Waals surface area contributed by atoms with Crippen molar-refractivity contribution >= 4 is 5.91 Å². The molecular weight excluding hydrogens is 176 g/mol. The summed E-state index contributed by atoms with van der Waals surface area (Å²) in [5.74, 6) is -0.315. The quantitative estimate of drug-likeness (QED) is 0.523. The molecule has 0 aromatic heterocycles. The van der Waals surface area contributed by atoms with Crippen LogP contribution in [0.3, 0.4) is 0 Å². The average Bonchev–Trinajstić information content (AvgIpc) is 2.10. The molecule has 0 aliphatic rings. The molecule has 82 valence electrons. The summed E-state index contributed by atoms with van der Waals surface area (Å²) in [6.45, 7) is 3.96. The molecule has 0 saturated heterocycles. The second kappa shape index (κ2) is 6.46. The van der Waals surface area contributed by atoms with Crippen LogP contribution >= 0.6 is 0 Å². The summed E-state index contributed by atoms with van der Waals surface area (Å²) in [6, 6.07) is 0. The van der Waals surface area contributed by atoms with E-state index >= 15 is 0 Å². The molecule has 0 aliphatic carbocycles. The van der Waals surface area contributed by atoms with Gasteiger partial charge >= 0.3 is 0 Å². The van der Waals surface area contributed by atoms with E-state index in [2.05, 4.69) is 6.92 Å². The van der Waals surface area contributed by atoms with Crippen molar-refractivity contribution in [1.82, 2.24) is 4.90 Å². The summed E-state index contributed by atoms with van der Waals surface area (Å²) < 4.78 is 0. The van der Waals surface area contributed by atoms with E-state index in [1.165, 1.54) is 12.8 Å². The lowest BCUT2D eigenvalue weighted by Crippen LogP contribution is -2.20. The Hall–Kier alpha value is -0.990. The van der Waals surface area contributed by atoms with Crippen molar-refractivity contribution in [2.75, 3.05) is 14.1 Å². The number of amides is 1. The van der Waals surface area contributed by atoms with Crippen LogP contribution in [-0.2, 0) is 4.79 Å². The van der Waals surface area contributed by atoms with Gasteiger partial charge in [0.05, 0.1) is 0 Å². The van der Waals surface area contributed by atoms with Gasteiger partial charge in [-0.2, -0.15) is 0 Å². The first-order chi connectivity index (χ1) is 6.50. The molecule has 1 amide bonds. The summed E-state index contributed by atoms with van der Waals surface area (Å²) in [7, 11) is 3.90. The molecule has 0 rings (SSSR count). The average molecular weight is 198 g/mol. The smallest absolute Gasteiger partial charge is 0.246 e. The first-order valence-electron chi connectivity index (χ1n) is 5.17. The predicted octanol–water partition coefficient (Wildman–Crippen LogP) is 1.89. The minimum absolute atomic E-state index is 0.315. The molecule has 0 bridgehead atoms. The van der Waals surface area contributed by atoms with E-state index in [1.54, 1.807) is 6.92 Å². The molecule has 0 radical (unpaired) electrons. The predicted molar refractivity (Wildman–Crippen MR) is 59.7 cm³/mol. The molecule has 0 spiro atoms. The lowest BCUT2D eigenvalue weighted by molar-refractivity contribution is -0.114. The van der Waals surface area contributed by atoms with E-state index < -0.39 is 0 Å². The molecule has 0 saturated carbocycles. The third-order valence-electron chi connectivity index (χ3n) is 2.36. The lowest BCUT2D eigenvalue weighted by Gasteiger charge is -2.19. The van der Waals surface area contributed by atoms with Gasteiger partial charge in [-0.15, -0.1) is 0 Å². The zero-order chi connectivity index (χ0) is 11.1. The van der Waals surface area contributed by atoms with Crippen LogP contribution in [0.25, 0.3) is 0 Å². The van der Waals surface area contributed by atoms with Crippen LogP contribution in [-0.4, -0.2) is 24.9 Å². The monoisotopic (exact) mass is 198 g/mol. The fraction of sp³-hybridized carbons (Fsp3) is 0.727. The van der Waals surface area contributed by atoms with Gasteiger partial charge in [0.25, 0.3) is 0 Å². The minimum atomic E-state index is -0.315. The van der Waals surface area contributed by atoms with Gasteiger partial charge in [0, 0.05) is 25.4 Å². The van der Waals surface area contributed by atoms with Gasteiger partial charge in [0.15, 0.2) is 0 Å². The van der Waals surface area contributed by atoms with Crippen LogP contribution in [0.2, 0.25) is 0 Å². The maximum atomic E-state index is 11.0. The topological polar surface area (TPSA) is 46.3 Å². The fourth-order valence-corrected chi connectivity index (χ4v) is 1.43. The lowest BCUT2D eigenvalue weighted by atomic mass is 10.1. The maximum absolute atomic E-state index is 11.0. The Labute approximate surface area is 87.0 Å². The number of hydrogen-bond acceptors (Lipinski definition) is 2. The summed E-state index contributed by atoms with van der Waals surface area (Å²) >= 11 is 0. The molecule has 0 atom stereocenters. The summed E-state index contributed by atoms with van der Waals surface area (Å²) in [4.78, 5) is 13.0. The Kier molecular flexibility index (Phi) is 6.00. The van der Waals surface area contributed by atoms with Crippen LogP contribution in [0, 0.1) is 0 Å². The number of hydrogen-bond donors (Lipinski definition) is 1. The van der Waals surface area contributed by atoms with E-state index in [9.17, 15) is 4.79 Å². The second-order valence-corrected chi connectivity index (χ2v) is 3.79. The number of nitrogens with two attached hydrogens (primary N) is 1. The molecule has 0 unspecified atom stereocenters. The highest BCUT2D eigenvalue weighted by Crippen LogP contribution is 2.15. The fourth-order valence-electron chi connectivity index (χ4n) is 1.43. The molecule has 2 N–H and O–H groups in total. The van der Waals surface area contributed by atoms with Crippen LogP contribution in [0.5, 0.6) is 0 Å². The van der Waals surface area contributed by atoms with Crippen LogP contribution < -0.4 is 5.73 Å². The van der Waals surface area contributed by atoms with E-state index in [4.69, 9.17) is 5.73 Å². The Morgan fingerprint density at radius 2 is 1.86 bits per heavy atom. The van der Waals surface area contributed by atoms with Crippen molar-refractivity contribution in [2.45, 2.75) is 39.5 Å². The highest BCUT2D eigenvalue weighted by atomic mass is 16.1. The third kappa shape index (κ3) is 4.30. The summed E-state index contributed by atoms with van der Waals surface area (Å²) in [5, 5.41) is 0. The van der Waals surface area contributed by atoms with Crippen molar-refractivity contribution in [3.8, 4) is 0 Å². The molecule has 3 heteroatoms. The van der Waals surface area contributed by atoms with Crippen LogP contribution in [0.15, 0.2) is 11.3 Å². The van der Waals surface area contributed by atoms with E-state index in [0.717, 1.165) is 18.5 Å². The Morgan fingerprint density at radius 1 is 1.29 bits per heavy atom. The van der Waals surface area contributed by atoms with Crippen molar-refractivity contribution in [1.29, 1.82) is 0 Å². The minimum Gasteiger partial charge on any atom is -0.381 e. The first-order valence-corrected chi connectivity index (χ1v) is 5.17. The number of nitrogens with zero attached hydrogens (tertiary/aromatic N) is 1. The van der Waals surface area contributed by atoms with Gasteiger partial charge < -0.3 is 10.6 Å². The standard InChI is InChI=1S/C11H22N2O/c1-5-6-7-8-10(13(3)4)9(2)11(12)14/h5-8H2,1-4H3,(H2,12,14)/b10-9+. The van der Waals surface area contributed by atoms with Gasteiger partial charge in [-0.05, 0) is 19.8 Å². The van der Waals surface area contributed by atoms with Gasteiger partial charge in [-0.1, -0.05) is 19.8 Å². The number of rotatable bonds is 6. The first kappa shape index (κ1) is 13.0. The normalized spacial score (nSPS) is 12.3. The van der Waals surface area contributed by atoms with Crippen LogP contribution in [0.1, 0.15) is 39.5 Å². The van der Waals surface area contributed by atoms with E-state index in [0.29, 0.717) is 5.57 Å². The molecule has 0 fully saturated rings. The Morgan fingerprint density at radius 3 is 2.21 bits per heavy atom. The zero-order valence-electron chi connectivity index (χ0n) is 9.76. The molecule has 0 heterocycles. The largest absolute Gasteiger partial charge is 0.381 e. The third-order valence-corrected chi connectivity index (χ3v) is 2.36. The number of carbonyl (C=O) groups is 1. The molecule has 0 aromatic carbocycles. The molecular formula is C11H22N2O. The maximum Gasteiger partial charge on any atom is 0.246 e. The SMILES string of the molecule is CCCCC/C(=C(/C)C(N)=O)N(C)C. The number of primary amides is 1. The molecule has 0 aliphatic heterocycles. The molecule has 14 heavy (non-hydrogen) atoms. The van der Waals surface area contributed by atoms with E-state index in [-0.39, 0.29) is 5.91 Å². The zero-order valence-corrected chi connectivity index (χ0v) is 9.76. The number of carbonyl (C=O) groups excluding carboxylic acids is 1. The second-order valence-electron chi connectivity index (χ2n) is 3.79. The summed E-state index contributed by atoms with van der Waals surface area (Å²) in [5.41, 5.74) is 7.00. The Bertz CT molecular complexity index is 219. The van der Waals surface area contributed by atoms with Gasteiger partial charge in [0.2, 0.25) is 5.91 Å². The summed E-state index contributed by atoms with van der Waals surface area (Å²) in [6.07, 6.45) is 4.45. The highest BCUT2D eigenvalue weighted by molar-refractivity contribution is 5.91. The van der Waals surface area contributed by atoms with Crippen molar-refractivity contribution < 1.29 is 4.79 Å². The highest BCUT2D eigenvalue weighted by Gasteiger charge is 2.08. The van der Waals surface area contributed by atoms with Gasteiger partial charge in [-0.3, -0.25) is 4.79 Å². The van der Waals surface area contributed by atoms with Crippen molar-refractivity contribution in [2.24, 2.45) is 5.73 Å².